The molecule has 0 aliphatic carbocycles. The molecule has 0 aliphatic rings. The molecule has 1 heteroatoms. The Morgan fingerprint density at radius 2 is 2.18 bits per heavy atom. The van der Waals surface area contributed by atoms with Gasteiger partial charge in [0.15, 0.2) is 0 Å². The van der Waals surface area contributed by atoms with Gasteiger partial charge in [-0.25, -0.2) is 0 Å². The van der Waals surface area contributed by atoms with Gasteiger partial charge in [0.05, 0.1) is 0 Å². The highest BCUT2D eigenvalue weighted by Gasteiger charge is 2.08. The highest BCUT2D eigenvalue weighted by Crippen LogP contribution is 2.16. The molecule has 0 radical (unpaired) electrons. The van der Waals surface area contributed by atoms with Crippen LogP contribution in [0.1, 0.15) is 33.1 Å². The summed E-state index contributed by atoms with van der Waals surface area (Å²) in [4.78, 5) is 10.5. The molecule has 2 atom stereocenters. The van der Waals surface area contributed by atoms with Crippen molar-refractivity contribution in [1.29, 1.82) is 0 Å². The van der Waals surface area contributed by atoms with Gasteiger partial charge in [0.1, 0.15) is 6.29 Å². The molecule has 0 amide bonds. The van der Waals surface area contributed by atoms with Gasteiger partial charge in [0.2, 0.25) is 0 Å². The lowest BCUT2D eigenvalue weighted by Crippen LogP contribution is -2.06. The third kappa shape index (κ3) is 4.77. The fourth-order valence-corrected chi connectivity index (χ4v) is 1.10. The van der Waals surface area contributed by atoms with Crippen molar-refractivity contribution in [2.24, 2.45) is 11.8 Å². The highest BCUT2D eigenvalue weighted by molar-refractivity contribution is 5.53. The van der Waals surface area contributed by atoms with Crippen LogP contribution >= 0.6 is 0 Å². The quantitative estimate of drug-likeness (QED) is 0.424. The first-order valence-corrected chi connectivity index (χ1v) is 4.30. The molecule has 11 heavy (non-hydrogen) atoms. The number of hydrogen-bond donors (Lipinski definition) is 0. The van der Waals surface area contributed by atoms with Gasteiger partial charge in [-0.2, -0.15) is 0 Å². The van der Waals surface area contributed by atoms with E-state index in [9.17, 15) is 4.79 Å². The molecule has 0 bridgehead atoms. The number of aldehydes is 1. The number of carbonyl (C=O) groups excluding carboxylic acids is 1. The van der Waals surface area contributed by atoms with Crippen LogP contribution < -0.4 is 0 Å². The SMILES string of the molecule is C=CC[C@H](C=O)C[C@@H](C)CC. The van der Waals surface area contributed by atoms with E-state index in [1.807, 2.05) is 6.08 Å². The first kappa shape index (κ1) is 10.4. The number of rotatable bonds is 6. The van der Waals surface area contributed by atoms with Crippen molar-refractivity contribution in [1.82, 2.24) is 0 Å². The van der Waals surface area contributed by atoms with Gasteiger partial charge in [0.25, 0.3) is 0 Å². The van der Waals surface area contributed by atoms with E-state index >= 15 is 0 Å². The van der Waals surface area contributed by atoms with Gasteiger partial charge in [-0.15, -0.1) is 6.58 Å². The summed E-state index contributed by atoms with van der Waals surface area (Å²) in [6.45, 7) is 7.96. The maximum Gasteiger partial charge on any atom is 0.123 e. The van der Waals surface area contributed by atoms with Crippen molar-refractivity contribution >= 4 is 6.29 Å². The zero-order valence-electron chi connectivity index (χ0n) is 7.55. The van der Waals surface area contributed by atoms with Crippen molar-refractivity contribution in [2.45, 2.75) is 33.1 Å². The monoisotopic (exact) mass is 154 g/mol. The van der Waals surface area contributed by atoms with E-state index in [1.54, 1.807) is 0 Å². The van der Waals surface area contributed by atoms with Crippen LogP contribution in [0.5, 0.6) is 0 Å². The topological polar surface area (TPSA) is 17.1 Å². The van der Waals surface area contributed by atoms with Crippen molar-refractivity contribution in [3.8, 4) is 0 Å². The number of carbonyl (C=O) groups is 1. The Morgan fingerprint density at radius 1 is 1.55 bits per heavy atom. The van der Waals surface area contributed by atoms with Crippen molar-refractivity contribution in [2.75, 3.05) is 0 Å². The Balaban J connectivity index is 3.66. The molecule has 0 aliphatic heterocycles. The fourth-order valence-electron chi connectivity index (χ4n) is 1.10. The van der Waals surface area contributed by atoms with Crippen LogP contribution in [0, 0.1) is 11.8 Å². The molecule has 0 heterocycles. The molecule has 0 aromatic carbocycles. The van der Waals surface area contributed by atoms with Gasteiger partial charge in [-0.05, 0) is 18.8 Å². The van der Waals surface area contributed by atoms with Gasteiger partial charge in [0, 0.05) is 5.92 Å². The molecule has 0 unspecified atom stereocenters. The Labute approximate surface area is 69.5 Å². The smallest absolute Gasteiger partial charge is 0.123 e. The van der Waals surface area contributed by atoms with Crippen molar-refractivity contribution < 1.29 is 4.79 Å². The van der Waals surface area contributed by atoms with E-state index in [4.69, 9.17) is 0 Å². The van der Waals surface area contributed by atoms with Gasteiger partial charge >= 0.3 is 0 Å². The summed E-state index contributed by atoms with van der Waals surface area (Å²) < 4.78 is 0. The van der Waals surface area contributed by atoms with Crippen LogP contribution in [0.15, 0.2) is 12.7 Å². The predicted octanol–water partition coefficient (Wildman–Crippen LogP) is 2.81. The molecular weight excluding hydrogens is 136 g/mol. The predicted molar refractivity (Wildman–Crippen MR) is 48.4 cm³/mol. The molecule has 0 aromatic rings. The van der Waals surface area contributed by atoms with Gasteiger partial charge in [-0.1, -0.05) is 26.3 Å². The number of hydrogen-bond acceptors (Lipinski definition) is 1. The van der Waals surface area contributed by atoms with Crippen LogP contribution in [0.3, 0.4) is 0 Å². The summed E-state index contributed by atoms with van der Waals surface area (Å²) >= 11 is 0. The first-order chi connectivity index (χ1) is 5.24. The second-order valence-electron chi connectivity index (χ2n) is 3.17. The Morgan fingerprint density at radius 3 is 2.55 bits per heavy atom. The number of allylic oxidation sites excluding steroid dienone is 1. The maximum atomic E-state index is 10.5. The van der Waals surface area contributed by atoms with Crippen LogP contribution in [-0.2, 0) is 4.79 Å². The standard InChI is InChI=1S/C10H18O/c1-4-6-10(8-11)7-9(3)5-2/h4,8-10H,1,5-7H2,2-3H3/t9-,10-/m0/s1. The summed E-state index contributed by atoms with van der Waals surface area (Å²) in [5.74, 6) is 0.854. The minimum absolute atomic E-state index is 0.197. The first-order valence-electron chi connectivity index (χ1n) is 4.30. The lowest BCUT2D eigenvalue weighted by Gasteiger charge is -2.12. The summed E-state index contributed by atoms with van der Waals surface area (Å²) in [5.41, 5.74) is 0. The second-order valence-corrected chi connectivity index (χ2v) is 3.17. The van der Waals surface area contributed by atoms with Crippen LogP contribution in [0.4, 0.5) is 0 Å². The molecule has 0 spiro atoms. The molecule has 64 valence electrons. The zero-order valence-corrected chi connectivity index (χ0v) is 7.55. The zero-order chi connectivity index (χ0) is 8.69. The molecule has 0 fully saturated rings. The van der Waals surface area contributed by atoms with Crippen molar-refractivity contribution in [3.05, 3.63) is 12.7 Å². The Bertz CT molecular complexity index is 118. The lowest BCUT2D eigenvalue weighted by molar-refractivity contribution is -0.111. The second kappa shape index (κ2) is 6.14. The summed E-state index contributed by atoms with van der Waals surface area (Å²) in [5, 5.41) is 0. The average molecular weight is 154 g/mol. The maximum absolute atomic E-state index is 10.5. The van der Waals surface area contributed by atoms with E-state index < -0.39 is 0 Å². The van der Waals surface area contributed by atoms with Gasteiger partial charge in [-0.3, -0.25) is 0 Å². The van der Waals surface area contributed by atoms with Crippen LogP contribution in [0.2, 0.25) is 0 Å². The summed E-state index contributed by atoms with van der Waals surface area (Å²) in [7, 11) is 0. The highest BCUT2D eigenvalue weighted by atomic mass is 16.1. The minimum Gasteiger partial charge on any atom is -0.303 e. The molecule has 0 saturated heterocycles. The van der Waals surface area contributed by atoms with Gasteiger partial charge < -0.3 is 4.79 Å². The molecule has 0 saturated carbocycles. The van der Waals surface area contributed by atoms with E-state index in [2.05, 4.69) is 20.4 Å². The van der Waals surface area contributed by atoms with E-state index in [1.165, 1.54) is 0 Å². The molecule has 0 rings (SSSR count). The third-order valence-electron chi connectivity index (χ3n) is 2.06. The summed E-state index contributed by atoms with van der Waals surface area (Å²) in [6.07, 6.45) is 5.86. The third-order valence-corrected chi connectivity index (χ3v) is 2.06. The van der Waals surface area contributed by atoms with Crippen LogP contribution in [-0.4, -0.2) is 6.29 Å². The largest absolute Gasteiger partial charge is 0.303 e. The van der Waals surface area contributed by atoms with Crippen molar-refractivity contribution in [3.63, 3.8) is 0 Å². The fraction of sp³-hybridized carbons (Fsp3) is 0.700. The van der Waals surface area contributed by atoms with E-state index in [-0.39, 0.29) is 5.92 Å². The lowest BCUT2D eigenvalue weighted by atomic mass is 9.93. The van der Waals surface area contributed by atoms with Crippen LogP contribution in [0.25, 0.3) is 0 Å². The summed E-state index contributed by atoms with van der Waals surface area (Å²) in [6, 6.07) is 0. The molecular formula is C10H18O. The average Bonchev–Trinajstić information content (AvgIpc) is 2.03. The Hall–Kier alpha value is -0.590. The molecule has 0 aromatic heterocycles. The van der Waals surface area contributed by atoms with E-state index in [0.717, 1.165) is 25.5 Å². The normalized spacial score (nSPS) is 15.5. The van der Waals surface area contributed by atoms with E-state index in [0.29, 0.717) is 5.92 Å². The molecule has 0 N–H and O–H groups in total. The molecule has 1 nitrogen and oxygen atoms in total. The minimum atomic E-state index is 0.197. The Kier molecular flexibility index (Phi) is 5.81.